The Morgan fingerprint density at radius 1 is 1.27 bits per heavy atom. The van der Waals surface area contributed by atoms with E-state index >= 15 is 0 Å². The smallest absolute Gasteiger partial charge is 0.0399 e. The lowest BCUT2D eigenvalue weighted by atomic mass is 9.86. The first-order valence-electron chi connectivity index (χ1n) is 5.77. The quantitative estimate of drug-likeness (QED) is 0.750. The number of nitrogens with zero attached hydrogens (tertiary/aromatic N) is 2. The minimum Gasteiger partial charge on any atom is -0.368 e. The molecule has 2 heterocycles. The summed E-state index contributed by atoms with van der Waals surface area (Å²) >= 11 is 0. The Morgan fingerprint density at radius 3 is 2.80 bits per heavy atom. The highest BCUT2D eigenvalue weighted by Crippen LogP contribution is 2.37. The van der Waals surface area contributed by atoms with Crippen molar-refractivity contribution in [1.82, 2.24) is 4.98 Å². The van der Waals surface area contributed by atoms with E-state index in [9.17, 15) is 0 Å². The lowest BCUT2D eigenvalue weighted by Crippen LogP contribution is -2.33. The van der Waals surface area contributed by atoms with E-state index in [2.05, 4.69) is 22.0 Å². The van der Waals surface area contributed by atoms with E-state index in [1.54, 1.807) is 0 Å². The summed E-state index contributed by atoms with van der Waals surface area (Å²) in [4.78, 5) is 6.58. The van der Waals surface area contributed by atoms with E-state index in [0.29, 0.717) is 12.0 Å². The summed E-state index contributed by atoms with van der Waals surface area (Å²) < 4.78 is 0. The molecule has 1 saturated heterocycles. The van der Waals surface area contributed by atoms with E-state index in [4.69, 9.17) is 5.73 Å². The molecular formula is C12H17N3. The summed E-state index contributed by atoms with van der Waals surface area (Å²) in [6, 6.07) is 5.35. The number of aromatic nitrogens is 1. The molecule has 1 aromatic rings. The van der Waals surface area contributed by atoms with Crippen molar-refractivity contribution in [2.24, 2.45) is 11.7 Å². The number of fused-ring (bicyclic) bond motifs is 2. The topological polar surface area (TPSA) is 42.1 Å². The third-order valence-corrected chi connectivity index (χ3v) is 3.88. The first-order chi connectivity index (χ1) is 7.34. The first-order valence-corrected chi connectivity index (χ1v) is 5.77. The number of pyridine rings is 1. The van der Waals surface area contributed by atoms with E-state index in [1.807, 2.05) is 12.4 Å². The third kappa shape index (κ3) is 1.51. The first kappa shape index (κ1) is 9.16. The normalized spacial score (nSPS) is 34.5. The molecule has 0 amide bonds. The standard InChI is InChI=1S/C12H17N3/c13-12-2-1-11-7-9(12)8-15(11)10-3-5-14-6-4-10/h3-6,9,11-12H,1-2,7-8,13H2. The molecule has 1 saturated carbocycles. The van der Waals surface area contributed by atoms with Crippen molar-refractivity contribution in [1.29, 1.82) is 0 Å². The van der Waals surface area contributed by atoms with Crippen LogP contribution in [0.4, 0.5) is 5.69 Å². The van der Waals surface area contributed by atoms with Crippen molar-refractivity contribution < 1.29 is 0 Å². The number of anilines is 1. The van der Waals surface area contributed by atoms with Crippen molar-refractivity contribution >= 4 is 5.69 Å². The second-order valence-corrected chi connectivity index (χ2v) is 4.75. The molecule has 3 heteroatoms. The summed E-state index contributed by atoms with van der Waals surface area (Å²) in [5, 5.41) is 0. The molecule has 2 fully saturated rings. The van der Waals surface area contributed by atoms with Gasteiger partial charge < -0.3 is 10.6 Å². The molecule has 1 aliphatic carbocycles. The number of nitrogens with two attached hydrogens (primary N) is 1. The Bertz CT molecular complexity index is 338. The molecule has 2 bridgehead atoms. The maximum Gasteiger partial charge on any atom is 0.0399 e. The molecule has 80 valence electrons. The summed E-state index contributed by atoms with van der Waals surface area (Å²) in [7, 11) is 0. The molecule has 3 rings (SSSR count). The Labute approximate surface area is 90.3 Å². The van der Waals surface area contributed by atoms with Crippen LogP contribution < -0.4 is 10.6 Å². The average Bonchev–Trinajstić information content (AvgIpc) is 2.65. The second-order valence-electron chi connectivity index (χ2n) is 4.75. The fourth-order valence-corrected chi connectivity index (χ4v) is 3.01. The van der Waals surface area contributed by atoms with Crippen LogP contribution in [0.1, 0.15) is 19.3 Å². The summed E-state index contributed by atoms with van der Waals surface area (Å²) in [5.74, 6) is 0.705. The van der Waals surface area contributed by atoms with Gasteiger partial charge in [0.25, 0.3) is 0 Å². The van der Waals surface area contributed by atoms with E-state index in [1.165, 1.54) is 24.9 Å². The van der Waals surface area contributed by atoms with Crippen LogP contribution in [-0.4, -0.2) is 23.6 Å². The van der Waals surface area contributed by atoms with Gasteiger partial charge in [0.1, 0.15) is 0 Å². The molecule has 0 aromatic carbocycles. The van der Waals surface area contributed by atoms with E-state index in [-0.39, 0.29) is 0 Å². The number of hydrogen-bond donors (Lipinski definition) is 1. The van der Waals surface area contributed by atoms with Gasteiger partial charge in [0.05, 0.1) is 0 Å². The predicted octanol–water partition coefficient (Wildman–Crippen LogP) is 1.40. The van der Waals surface area contributed by atoms with Crippen molar-refractivity contribution in [3.63, 3.8) is 0 Å². The summed E-state index contributed by atoms with van der Waals surface area (Å²) in [6.07, 6.45) is 7.47. The molecule has 3 atom stereocenters. The fourth-order valence-electron chi connectivity index (χ4n) is 3.01. The predicted molar refractivity (Wildman–Crippen MR) is 60.7 cm³/mol. The zero-order valence-electron chi connectivity index (χ0n) is 8.84. The Morgan fingerprint density at radius 2 is 2.07 bits per heavy atom. The zero-order valence-corrected chi connectivity index (χ0v) is 8.84. The van der Waals surface area contributed by atoms with Crippen LogP contribution in [0.5, 0.6) is 0 Å². The molecule has 0 spiro atoms. The average molecular weight is 203 g/mol. The highest BCUT2D eigenvalue weighted by atomic mass is 15.2. The van der Waals surface area contributed by atoms with Gasteiger partial charge in [-0.25, -0.2) is 0 Å². The summed E-state index contributed by atoms with van der Waals surface area (Å²) in [5.41, 5.74) is 7.43. The minimum atomic E-state index is 0.424. The molecular weight excluding hydrogens is 186 g/mol. The van der Waals surface area contributed by atoms with Gasteiger partial charge >= 0.3 is 0 Å². The van der Waals surface area contributed by atoms with Gasteiger partial charge in [-0.15, -0.1) is 0 Å². The van der Waals surface area contributed by atoms with Crippen LogP contribution in [0.3, 0.4) is 0 Å². The number of hydrogen-bond acceptors (Lipinski definition) is 3. The van der Waals surface area contributed by atoms with Gasteiger partial charge in [-0.05, 0) is 37.3 Å². The van der Waals surface area contributed by atoms with Crippen molar-refractivity contribution in [3.05, 3.63) is 24.5 Å². The van der Waals surface area contributed by atoms with Gasteiger partial charge in [-0.2, -0.15) is 0 Å². The highest BCUT2D eigenvalue weighted by molar-refractivity contribution is 5.47. The van der Waals surface area contributed by atoms with Crippen LogP contribution in [-0.2, 0) is 0 Å². The lowest BCUT2D eigenvalue weighted by Gasteiger charge is -2.27. The molecule has 0 radical (unpaired) electrons. The summed E-state index contributed by atoms with van der Waals surface area (Å²) in [6.45, 7) is 1.13. The maximum absolute atomic E-state index is 6.12. The minimum absolute atomic E-state index is 0.424. The third-order valence-electron chi connectivity index (χ3n) is 3.88. The van der Waals surface area contributed by atoms with Crippen LogP contribution >= 0.6 is 0 Å². The molecule has 1 aromatic heterocycles. The van der Waals surface area contributed by atoms with Crippen molar-refractivity contribution in [2.75, 3.05) is 11.4 Å². The lowest BCUT2D eigenvalue weighted by molar-refractivity contribution is 0.358. The van der Waals surface area contributed by atoms with Crippen LogP contribution in [0.2, 0.25) is 0 Å². The molecule has 1 aliphatic heterocycles. The van der Waals surface area contributed by atoms with Gasteiger partial charge in [-0.1, -0.05) is 0 Å². The number of rotatable bonds is 1. The van der Waals surface area contributed by atoms with Crippen LogP contribution in [0.25, 0.3) is 0 Å². The molecule has 3 nitrogen and oxygen atoms in total. The van der Waals surface area contributed by atoms with Crippen molar-refractivity contribution in [2.45, 2.75) is 31.3 Å². The SMILES string of the molecule is NC1CCC2CC1CN2c1ccncc1. The largest absolute Gasteiger partial charge is 0.368 e. The Hall–Kier alpha value is -1.09. The van der Waals surface area contributed by atoms with Crippen LogP contribution in [0.15, 0.2) is 24.5 Å². The maximum atomic E-state index is 6.12. The van der Waals surface area contributed by atoms with Crippen LogP contribution in [0, 0.1) is 5.92 Å². The zero-order chi connectivity index (χ0) is 10.3. The highest BCUT2D eigenvalue weighted by Gasteiger charge is 2.39. The molecule has 3 unspecified atom stereocenters. The van der Waals surface area contributed by atoms with Gasteiger partial charge in [0.2, 0.25) is 0 Å². The van der Waals surface area contributed by atoms with E-state index in [0.717, 1.165) is 12.6 Å². The van der Waals surface area contributed by atoms with Gasteiger partial charge in [0, 0.05) is 36.7 Å². The molecule has 2 N–H and O–H groups in total. The Kier molecular flexibility index (Phi) is 2.13. The Balaban J connectivity index is 1.85. The second kappa shape index (κ2) is 3.49. The monoisotopic (exact) mass is 203 g/mol. The van der Waals surface area contributed by atoms with Crippen molar-refractivity contribution in [3.8, 4) is 0 Å². The van der Waals surface area contributed by atoms with E-state index < -0.39 is 0 Å². The molecule has 15 heavy (non-hydrogen) atoms. The van der Waals surface area contributed by atoms with Gasteiger partial charge in [-0.3, -0.25) is 4.98 Å². The fraction of sp³-hybridized carbons (Fsp3) is 0.583. The van der Waals surface area contributed by atoms with Gasteiger partial charge in [0.15, 0.2) is 0 Å². The molecule has 2 aliphatic rings.